The minimum atomic E-state index is -0.216. The molecule has 0 unspecified atom stereocenters. The maximum atomic E-state index is 12.1. The molecule has 3 aromatic rings. The lowest BCUT2D eigenvalue weighted by atomic mass is 10.3. The van der Waals surface area contributed by atoms with Gasteiger partial charge in [-0.15, -0.1) is 11.7 Å². The first-order valence-corrected chi connectivity index (χ1v) is 5.78. The molecule has 0 aliphatic rings. The molecule has 1 aromatic carbocycles. The molecule has 3 rings (SSSR count). The van der Waals surface area contributed by atoms with E-state index >= 15 is 0 Å². The highest BCUT2D eigenvalue weighted by atomic mass is 16.1. The molecule has 0 atom stereocenters. The summed E-state index contributed by atoms with van der Waals surface area (Å²) in [4.78, 5) is 16.4. The van der Waals surface area contributed by atoms with Crippen molar-refractivity contribution in [1.29, 1.82) is 0 Å². The van der Waals surface area contributed by atoms with Gasteiger partial charge in [-0.2, -0.15) is 4.68 Å². The van der Waals surface area contributed by atoms with Crippen molar-refractivity contribution >= 4 is 11.2 Å². The minimum absolute atomic E-state index is 0.216. The van der Waals surface area contributed by atoms with Crippen LogP contribution in [0.1, 0.15) is 0 Å². The molecule has 0 fully saturated rings. The Labute approximate surface area is 108 Å². The largest absolute Gasteiger partial charge is 0.293 e. The number of hydrogen-bond donors (Lipinski definition) is 0. The third-order valence-electron chi connectivity index (χ3n) is 2.76. The van der Waals surface area contributed by atoms with Gasteiger partial charge in [-0.1, -0.05) is 29.5 Å². The Morgan fingerprint density at radius 1 is 1.26 bits per heavy atom. The third kappa shape index (κ3) is 1.83. The Balaban J connectivity index is 2.23. The number of nitrogens with zero attached hydrogens (tertiary/aromatic N) is 5. The van der Waals surface area contributed by atoms with E-state index in [1.807, 2.05) is 30.3 Å². The van der Waals surface area contributed by atoms with E-state index < -0.39 is 0 Å². The van der Waals surface area contributed by atoms with Crippen molar-refractivity contribution in [2.24, 2.45) is 0 Å². The van der Waals surface area contributed by atoms with Crippen molar-refractivity contribution in [1.82, 2.24) is 24.5 Å². The molecule has 0 aliphatic heterocycles. The first kappa shape index (κ1) is 11.3. The smallest absolute Gasteiger partial charge is 0.283 e. The van der Waals surface area contributed by atoms with Gasteiger partial charge in [-0.05, 0) is 12.1 Å². The van der Waals surface area contributed by atoms with Crippen LogP contribution in [0, 0.1) is 0 Å². The Kier molecular flexibility index (Phi) is 2.68. The van der Waals surface area contributed by atoms with Gasteiger partial charge in [0.15, 0.2) is 11.2 Å². The fourth-order valence-electron chi connectivity index (χ4n) is 1.86. The van der Waals surface area contributed by atoms with Crippen molar-refractivity contribution < 1.29 is 0 Å². The lowest BCUT2D eigenvalue weighted by Crippen LogP contribution is -2.20. The number of hydrogen-bond acceptors (Lipinski definition) is 4. The molecule has 0 aliphatic carbocycles. The quantitative estimate of drug-likeness (QED) is 0.657. The molecule has 19 heavy (non-hydrogen) atoms. The number of aromatic nitrogens is 5. The molecule has 2 heterocycles. The monoisotopic (exact) mass is 253 g/mol. The van der Waals surface area contributed by atoms with Gasteiger partial charge in [0.25, 0.3) is 5.56 Å². The minimum Gasteiger partial charge on any atom is -0.293 e. The van der Waals surface area contributed by atoms with Gasteiger partial charge in [-0.25, -0.2) is 4.98 Å². The summed E-state index contributed by atoms with van der Waals surface area (Å²) in [6, 6.07) is 9.45. The number of para-hydroxylation sites is 1. The molecule has 0 bridgehead atoms. The van der Waals surface area contributed by atoms with Crippen molar-refractivity contribution in [3.8, 4) is 5.69 Å². The summed E-state index contributed by atoms with van der Waals surface area (Å²) in [6.45, 7) is 4.00. The summed E-state index contributed by atoms with van der Waals surface area (Å²) in [5.74, 6) is 0. The van der Waals surface area contributed by atoms with Gasteiger partial charge in [0.05, 0.1) is 5.69 Å². The van der Waals surface area contributed by atoms with E-state index in [0.717, 1.165) is 5.69 Å². The van der Waals surface area contributed by atoms with Gasteiger partial charge in [-0.3, -0.25) is 9.36 Å². The van der Waals surface area contributed by atoms with Gasteiger partial charge < -0.3 is 0 Å². The van der Waals surface area contributed by atoms with Gasteiger partial charge in [0, 0.05) is 6.54 Å². The zero-order valence-electron chi connectivity index (χ0n) is 10.1. The van der Waals surface area contributed by atoms with Crippen molar-refractivity contribution in [3.63, 3.8) is 0 Å². The third-order valence-corrected chi connectivity index (χ3v) is 2.76. The summed E-state index contributed by atoms with van der Waals surface area (Å²) < 4.78 is 2.99. The first-order valence-electron chi connectivity index (χ1n) is 5.78. The zero-order valence-corrected chi connectivity index (χ0v) is 10.1. The topological polar surface area (TPSA) is 65.6 Å². The Morgan fingerprint density at radius 2 is 2.05 bits per heavy atom. The van der Waals surface area contributed by atoms with Crippen LogP contribution in [0.4, 0.5) is 0 Å². The van der Waals surface area contributed by atoms with E-state index in [2.05, 4.69) is 21.9 Å². The second kappa shape index (κ2) is 4.49. The van der Waals surface area contributed by atoms with E-state index in [-0.39, 0.29) is 11.1 Å². The highest BCUT2D eigenvalue weighted by Crippen LogP contribution is 2.10. The summed E-state index contributed by atoms with van der Waals surface area (Å²) in [7, 11) is 0. The maximum Gasteiger partial charge on any atom is 0.283 e. The zero-order chi connectivity index (χ0) is 13.2. The number of allylic oxidation sites excluding steroid dienone is 1. The highest BCUT2D eigenvalue weighted by molar-refractivity contribution is 5.70. The molecule has 0 amide bonds. The van der Waals surface area contributed by atoms with Crippen LogP contribution in [-0.4, -0.2) is 24.5 Å². The molecule has 6 nitrogen and oxygen atoms in total. The standard InChI is InChI=1S/C13H11N5O/c1-2-8-17-9-14-12-11(13(17)19)15-16-18(12)10-6-4-3-5-7-10/h2-7,9H,1,8H2. The van der Waals surface area contributed by atoms with Crippen molar-refractivity contribution in [2.45, 2.75) is 6.54 Å². The van der Waals surface area contributed by atoms with Gasteiger partial charge >= 0.3 is 0 Å². The fraction of sp³-hybridized carbons (Fsp3) is 0.0769. The number of rotatable bonds is 3. The van der Waals surface area contributed by atoms with Gasteiger partial charge in [0.2, 0.25) is 0 Å². The van der Waals surface area contributed by atoms with E-state index in [4.69, 9.17) is 0 Å². The Hall–Kier alpha value is -2.76. The van der Waals surface area contributed by atoms with Crippen LogP contribution in [0.2, 0.25) is 0 Å². The summed E-state index contributed by atoms with van der Waals surface area (Å²) in [5, 5.41) is 7.91. The van der Waals surface area contributed by atoms with Crippen molar-refractivity contribution in [3.05, 3.63) is 59.7 Å². The van der Waals surface area contributed by atoms with E-state index in [0.29, 0.717) is 12.2 Å². The molecular weight excluding hydrogens is 242 g/mol. The normalized spacial score (nSPS) is 10.7. The van der Waals surface area contributed by atoms with Crippen LogP contribution >= 0.6 is 0 Å². The maximum absolute atomic E-state index is 12.1. The van der Waals surface area contributed by atoms with Crippen LogP contribution in [-0.2, 0) is 6.54 Å². The molecule has 94 valence electrons. The van der Waals surface area contributed by atoms with Crippen LogP contribution in [0.3, 0.4) is 0 Å². The molecular formula is C13H11N5O. The number of benzene rings is 1. The predicted octanol–water partition coefficient (Wildman–Crippen LogP) is 1.16. The lowest BCUT2D eigenvalue weighted by molar-refractivity contribution is 0.764. The van der Waals surface area contributed by atoms with Crippen LogP contribution < -0.4 is 5.56 Å². The van der Waals surface area contributed by atoms with E-state index in [1.54, 1.807) is 10.8 Å². The molecule has 6 heteroatoms. The van der Waals surface area contributed by atoms with E-state index in [9.17, 15) is 4.79 Å². The average Bonchev–Trinajstić information content (AvgIpc) is 2.88. The molecule has 0 saturated carbocycles. The summed E-state index contributed by atoms with van der Waals surface area (Å²) in [5.41, 5.74) is 1.31. The molecule has 0 radical (unpaired) electrons. The molecule has 2 aromatic heterocycles. The van der Waals surface area contributed by atoms with E-state index in [1.165, 1.54) is 10.9 Å². The fourth-order valence-corrected chi connectivity index (χ4v) is 1.86. The highest BCUT2D eigenvalue weighted by Gasteiger charge is 2.12. The summed E-state index contributed by atoms with van der Waals surface area (Å²) >= 11 is 0. The second-order valence-corrected chi connectivity index (χ2v) is 4.00. The second-order valence-electron chi connectivity index (χ2n) is 4.00. The number of fused-ring (bicyclic) bond motifs is 1. The van der Waals surface area contributed by atoms with Crippen LogP contribution in [0.15, 0.2) is 54.1 Å². The predicted molar refractivity (Wildman–Crippen MR) is 71.1 cm³/mol. The molecule has 0 spiro atoms. The first-order chi connectivity index (χ1) is 9.31. The molecule has 0 saturated heterocycles. The molecule has 0 N–H and O–H groups in total. The lowest BCUT2D eigenvalue weighted by Gasteiger charge is -2.02. The SMILES string of the molecule is C=CCn1cnc2c(nnn2-c2ccccc2)c1=O. The Bertz CT molecular complexity index is 788. The summed E-state index contributed by atoms with van der Waals surface area (Å²) in [6.07, 6.45) is 3.12. The van der Waals surface area contributed by atoms with Crippen LogP contribution in [0.5, 0.6) is 0 Å². The Morgan fingerprint density at radius 3 is 2.79 bits per heavy atom. The van der Waals surface area contributed by atoms with Crippen molar-refractivity contribution in [2.75, 3.05) is 0 Å². The van der Waals surface area contributed by atoms with Crippen LogP contribution in [0.25, 0.3) is 16.9 Å². The van der Waals surface area contributed by atoms with Gasteiger partial charge in [0.1, 0.15) is 6.33 Å². The average molecular weight is 253 g/mol.